The number of benzene rings is 3. The summed E-state index contributed by atoms with van der Waals surface area (Å²) in [6.45, 7) is 0.254. The minimum absolute atomic E-state index is 0.0180. The third-order valence-electron chi connectivity index (χ3n) is 4.55. The molecule has 8 heteroatoms. The van der Waals surface area contributed by atoms with Crippen LogP contribution in [0.25, 0.3) is 6.08 Å². The molecule has 1 fully saturated rings. The van der Waals surface area contributed by atoms with Crippen LogP contribution in [0.15, 0.2) is 72.3 Å². The van der Waals surface area contributed by atoms with Crippen molar-refractivity contribution < 1.29 is 14.3 Å². The molecular weight excluding hydrogens is 459 g/mol. The Morgan fingerprint density at radius 3 is 2.35 bits per heavy atom. The smallest absolute Gasteiger partial charge is 0.282 e. The Morgan fingerprint density at radius 2 is 1.65 bits per heavy atom. The highest BCUT2D eigenvalue weighted by Crippen LogP contribution is 2.29. The van der Waals surface area contributed by atoms with Crippen molar-refractivity contribution in [1.82, 2.24) is 5.43 Å². The Morgan fingerprint density at radius 1 is 0.871 bits per heavy atom. The van der Waals surface area contributed by atoms with Crippen LogP contribution in [0.2, 0.25) is 15.1 Å². The number of hydrogen-bond donors (Lipinski definition) is 1. The number of hydrazine groups is 1. The van der Waals surface area contributed by atoms with Gasteiger partial charge in [-0.05, 0) is 53.6 Å². The van der Waals surface area contributed by atoms with E-state index in [1.165, 1.54) is 11.1 Å². The number of nitrogens with one attached hydrogen (secondary N) is 1. The van der Waals surface area contributed by atoms with E-state index in [2.05, 4.69) is 5.43 Å². The van der Waals surface area contributed by atoms with Gasteiger partial charge < -0.3 is 4.74 Å². The number of halogens is 3. The molecule has 1 heterocycles. The lowest BCUT2D eigenvalue weighted by Gasteiger charge is -2.13. The van der Waals surface area contributed by atoms with E-state index in [9.17, 15) is 9.59 Å². The first-order valence-corrected chi connectivity index (χ1v) is 10.3. The van der Waals surface area contributed by atoms with Crippen molar-refractivity contribution in [2.45, 2.75) is 6.61 Å². The molecule has 0 radical (unpaired) electrons. The lowest BCUT2D eigenvalue weighted by Crippen LogP contribution is -2.35. The van der Waals surface area contributed by atoms with E-state index in [4.69, 9.17) is 39.5 Å². The quantitative estimate of drug-likeness (QED) is 0.383. The van der Waals surface area contributed by atoms with Crippen molar-refractivity contribution in [3.8, 4) is 5.75 Å². The summed E-state index contributed by atoms with van der Waals surface area (Å²) in [5.41, 5.74) is 4.59. The average molecular weight is 474 g/mol. The molecule has 0 unspecified atom stereocenters. The van der Waals surface area contributed by atoms with E-state index < -0.39 is 11.8 Å². The van der Waals surface area contributed by atoms with E-state index in [-0.39, 0.29) is 12.2 Å². The summed E-state index contributed by atoms with van der Waals surface area (Å²) in [5, 5.41) is 2.47. The highest BCUT2D eigenvalue weighted by molar-refractivity contribution is 6.42. The van der Waals surface area contributed by atoms with E-state index in [1.54, 1.807) is 54.6 Å². The Kier molecular flexibility index (Phi) is 6.18. The maximum atomic E-state index is 12.7. The maximum Gasteiger partial charge on any atom is 0.282 e. The van der Waals surface area contributed by atoms with Gasteiger partial charge in [0.15, 0.2) is 0 Å². The second kappa shape index (κ2) is 9.02. The molecular formula is C23H15Cl3N2O3. The molecule has 4 rings (SSSR count). The fourth-order valence-corrected chi connectivity index (χ4v) is 3.56. The Balaban J connectivity index is 1.50. The van der Waals surface area contributed by atoms with Crippen molar-refractivity contribution in [2.75, 3.05) is 5.01 Å². The number of amides is 2. The van der Waals surface area contributed by atoms with Gasteiger partial charge in [-0.2, -0.15) is 0 Å². The van der Waals surface area contributed by atoms with Gasteiger partial charge in [0, 0.05) is 0 Å². The van der Waals surface area contributed by atoms with Crippen LogP contribution in [0.1, 0.15) is 11.1 Å². The monoisotopic (exact) mass is 472 g/mol. The number of carbonyl (C=O) groups excluding carboxylic acids is 2. The number of anilines is 1. The number of para-hydroxylation sites is 1. The third kappa shape index (κ3) is 4.69. The first-order valence-electron chi connectivity index (χ1n) is 9.21. The zero-order valence-corrected chi connectivity index (χ0v) is 18.2. The predicted molar refractivity (Wildman–Crippen MR) is 122 cm³/mol. The van der Waals surface area contributed by atoms with Crippen molar-refractivity contribution >= 4 is 58.4 Å². The van der Waals surface area contributed by atoms with E-state index in [0.29, 0.717) is 32.1 Å². The lowest BCUT2D eigenvalue weighted by atomic mass is 10.1. The molecule has 2 amide bonds. The topological polar surface area (TPSA) is 58.6 Å². The molecule has 0 atom stereocenters. The van der Waals surface area contributed by atoms with Crippen molar-refractivity contribution in [3.63, 3.8) is 0 Å². The van der Waals surface area contributed by atoms with Gasteiger partial charge >= 0.3 is 0 Å². The molecule has 5 nitrogen and oxygen atoms in total. The fourth-order valence-electron chi connectivity index (χ4n) is 3.00. The maximum absolute atomic E-state index is 12.7. The standard InChI is InChI=1S/C23H15Cl3N2O3/c24-18-8-6-15(12-19(18)25)13-31-21-9-7-14(11-20(21)26)10-17-22(29)27-28(23(17)30)16-4-2-1-3-5-16/h1-12H,13H2,(H,27,29)/b17-10-. The zero-order chi connectivity index (χ0) is 22.0. The average Bonchev–Trinajstić information content (AvgIpc) is 3.04. The fraction of sp³-hybridized carbons (Fsp3) is 0.0435. The molecule has 156 valence electrons. The first-order chi connectivity index (χ1) is 14.9. The van der Waals surface area contributed by atoms with Crippen LogP contribution in [-0.4, -0.2) is 11.8 Å². The summed E-state index contributed by atoms with van der Waals surface area (Å²) >= 11 is 18.3. The van der Waals surface area contributed by atoms with Crippen LogP contribution in [0.4, 0.5) is 5.69 Å². The summed E-state index contributed by atoms with van der Waals surface area (Å²) < 4.78 is 5.75. The normalized spacial score (nSPS) is 14.8. The van der Waals surface area contributed by atoms with E-state index >= 15 is 0 Å². The third-order valence-corrected chi connectivity index (χ3v) is 5.59. The van der Waals surface area contributed by atoms with Crippen molar-refractivity contribution in [1.29, 1.82) is 0 Å². The number of hydrogen-bond acceptors (Lipinski definition) is 3. The highest BCUT2D eigenvalue weighted by Gasteiger charge is 2.34. The van der Waals surface area contributed by atoms with Crippen LogP contribution in [-0.2, 0) is 16.2 Å². The molecule has 0 saturated carbocycles. The van der Waals surface area contributed by atoms with Crippen LogP contribution in [0, 0.1) is 0 Å². The first kappa shape index (κ1) is 21.2. The van der Waals surface area contributed by atoms with Crippen LogP contribution in [0.5, 0.6) is 5.75 Å². The zero-order valence-electron chi connectivity index (χ0n) is 15.9. The highest BCUT2D eigenvalue weighted by atomic mass is 35.5. The summed E-state index contributed by atoms with van der Waals surface area (Å²) in [6, 6.07) is 19.1. The number of rotatable bonds is 5. The molecule has 1 aliphatic rings. The van der Waals surface area contributed by atoms with Crippen molar-refractivity contribution in [3.05, 3.63) is 98.5 Å². The second-order valence-corrected chi connectivity index (χ2v) is 7.92. The van der Waals surface area contributed by atoms with Gasteiger partial charge in [-0.15, -0.1) is 0 Å². The molecule has 1 N–H and O–H groups in total. The minimum Gasteiger partial charge on any atom is -0.487 e. The summed E-state index contributed by atoms with van der Waals surface area (Å²) in [5.74, 6) is -0.458. The SMILES string of the molecule is O=C1NN(c2ccccc2)C(=O)/C1=C\c1ccc(OCc2ccc(Cl)c(Cl)c2)c(Cl)c1. The second-order valence-electron chi connectivity index (χ2n) is 6.70. The summed E-state index contributed by atoms with van der Waals surface area (Å²) in [7, 11) is 0. The predicted octanol–water partition coefficient (Wildman–Crippen LogP) is 5.69. The number of nitrogens with zero attached hydrogens (tertiary/aromatic N) is 1. The van der Waals surface area contributed by atoms with E-state index in [0.717, 1.165) is 5.56 Å². The molecule has 1 aliphatic heterocycles. The van der Waals surface area contributed by atoms with Crippen LogP contribution in [0.3, 0.4) is 0 Å². The molecule has 0 aromatic heterocycles. The van der Waals surface area contributed by atoms with Crippen LogP contribution < -0.4 is 15.2 Å². The van der Waals surface area contributed by atoms with Gasteiger partial charge in [0.25, 0.3) is 11.8 Å². The van der Waals surface area contributed by atoms with Gasteiger partial charge in [0.05, 0.1) is 20.8 Å². The Bertz CT molecular complexity index is 1200. The summed E-state index contributed by atoms with van der Waals surface area (Å²) in [4.78, 5) is 25.0. The molecule has 0 aliphatic carbocycles. The lowest BCUT2D eigenvalue weighted by molar-refractivity contribution is -0.117. The van der Waals surface area contributed by atoms with Gasteiger partial charge in [0.1, 0.15) is 17.9 Å². The van der Waals surface area contributed by atoms with Crippen LogP contribution >= 0.6 is 34.8 Å². The van der Waals surface area contributed by atoms with Gasteiger partial charge in [-0.25, -0.2) is 5.01 Å². The Labute approximate surface area is 193 Å². The number of carbonyl (C=O) groups is 2. The molecule has 0 spiro atoms. The minimum atomic E-state index is -0.482. The summed E-state index contributed by atoms with van der Waals surface area (Å²) in [6.07, 6.45) is 1.50. The van der Waals surface area contributed by atoms with Gasteiger partial charge in [-0.1, -0.05) is 65.1 Å². The van der Waals surface area contributed by atoms with Crippen molar-refractivity contribution in [2.24, 2.45) is 0 Å². The molecule has 1 saturated heterocycles. The molecule has 0 bridgehead atoms. The van der Waals surface area contributed by atoms with Gasteiger partial charge in [0.2, 0.25) is 0 Å². The number of ether oxygens (including phenoxy) is 1. The molecule has 3 aromatic rings. The Hall–Kier alpha value is -2.99. The largest absolute Gasteiger partial charge is 0.487 e. The van der Waals surface area contributed by atoms with Gasteiger partial charge in [-0.3, -0.25) is 15.0 Å². The molecule has 31 heavy (non-hydrogen) atoms. The van der Waals surface area contributed by atoms with E-state index in [1.807, 2.05) is 12.1 Å². The molecule has 3 aromatic carbocycles.